The molecule has 35 heavy (non-hydrogen) atoms. The van der Waals surface area contributed by atoms with Crippen molar-refractivity contribution >= 4 is 17.5 Å². The zero-order valence-corrected chi connectivity index (χ0v) is 19.3. The topological polar surface area (TPSA) is 90.3 Å². The van der Waals surface area contributed by atoms with E-state index in [0.29, 0.717) is 40.2 Å². The van der Waals surface area contributed by atoms with Crippen LogP contribution in [-0.4, -0.2) is 27.5 Å². The van der Waals surface area contributed by atoms with E-state index in [0.717, 1.165) is 16.7 Å². The molecule has 8 nitrogen and oxygen atoms in total. The number of ether oxygens (including phenoxy) is 2. The summed E-state index contributed by atoms with van der Waals surface area (Å²) in [6.45, 7) is 4.09. The van der Waals surface area contributed by atoms with Gasteiger partial charge in [0.15, 0.2) is 17.3 Å². The number of rotatable bonds is 4. The van der Waals surface area contributed by atoms with Gasteiger partial charge in [0.05, 0.1) is 5.57 Å². The summed E-state index contributed by atoms with van der Waals surface area (Å²) < 4.78 is 12.9. The molecule has 1 aromatic heterocycles. The van der Waals surface area contributed by atoms with Gasteiger partial charge in [-0.1, -0.05) is 54.1 Å². The highest BCUT2D eigenvalue weighted by molar-refractivity contribution is 6.06. The average Bonchev–Trinajstić information content (AvgIpc) is 3.50. The lowest BCUT2D eigenvalue weighted by Gasteiger charge is -2.28. The van der Waals surface area contributed by atoms with Crippen molar-refractivity contribution in [2.24, 2.45) is 0 Å². The molecule has 0 fully saturated rings. The third kappa shape index (κ3) is 3.78. The quantitative estimate of drug-likeness (QED) is 0.445. The molecule has 8 heteroatoms. The van der Waals surface area contributed by atoms with E-state index in [9.17, 15) is 4.79 Å². The van der Waals surface area contributed by atoms with Crippen LogP contribution in [0.1, 0.15) is 24.1 Å². The number of nitrogens with one attached hydrogen (secondary N) is 2. The van der Waals surface area contributed by atoms with Crippen molar-refractivity contribution in [3.8, 4) is 22.9 Å². The molecule has 6 rings (SSSR count). The lowest BCUT2D eigenvalue weighted by Crippen LogP contribution is -2.31. The molecule has 0 saturated heterocycles. The number of para-hydroxylation sites is 1. The summed E-state index contributed by atoms with van der Waals surface area (Å²) >= 11 is 0. The second-order valence-corrected chi connectivity index (χ2v) is 8.57. The Morgan fingerprint density at radius 2 is 1.77 bits per heavy atom. The smallest absolute Gasteiger partial charge is 0.255 e. The molecule has 0 radical (unpaired) electrons. The van der Waals surface area contributed by atoms with Crippen molar-refractivity contribution in [2.75, 3.05) is 17.4 Å². The summed E-state index contributed by atoms with van der Waals surface area (Å²) in [5.41, 5.74) is 4.86. The van der Waals surface area contributed by atoms with Crippen molar-refractivity contribution < 1.29 is 14.3 Å². The van der Waals surface area contributed by atoms with E-state index < -0.39 is 6.04 Å². The number of hydrogen-bond acceptors (Lipinski definition) is 6. The van der Waals surface area contributed by atoms with Crippen LogP contribution in [-0.2, 0) is 4.79 Å². The fourth-order valence-electron chi connectivity index (χ4n) is 4.38. The maximum absolute atomic E-state index is 13.6. The summed E-state index contributed by atoms with van der Waals surface area (Å²) in [5, 5.41) is 11.1. The molecule has 0 bridgehead atoms. The maximum Gasteiger partial charge on any atom is 0.255 e. The van der Waals surface area contributed by atoms with Gasteiger partial charge in [0.25, 0.3) is 5.91 Å². The molecule has 2 N–H and O–H groups in total. The first-order chi connectivity index (χ1) is 17.1. The van der Waals surface area contributed by atoms with E-state index in [1.807, 2.05) is 86.6 Å². The van der Waals surface area contributed by atoms with Crippen molar-refractivity contribution in [3.05, 3.63) is 95.2 Å². The molecular formula is C27H23N5O3. The second kappa shape index (κ2) is 8.32. The van der Waals surface area contributed by atoms with Crippen molar-refractivity contribution in [3.63, 3.8) is 0 Å². The van der Waals surface area contributed by atoms with Crippen LogP contribution in [0, 0.1) is 6.92 Å². The number of aromatic nitrogens is 3. The summed E-state index contributed by atoms with van der Waals surface area (Å²) in [6.07, 6.45) is 0. The first kappa shape index (κ1) is 21.0. The molecule has 0 spiro atoms. The standard InChI is InChI=1S/C27H23N5O3/c1-16-8-10-18(11-9-16)25-30-27-28-17(2)23(26(33)29-20-6-4-3-5-7-20)24(32(27)31-25)19-12-13-21-22(14-19)35-15-34-21/h3-14,24H,15H2,1-2H3,(H,29,33)(H,28,30,31). The van der Waals surface area contributed by atoms with Crippen LogP contribution in [0.2, 0.25) is 0 Å². The highest BCUT2D eigenvalue weighted by Gasteiger charge is 2.35. The van der Waals surface area contributed by atoms with E-state index in [1.54, 1.807) is 4.68 Å². The number of fused-ring (bicyclic) bond motifs is 2. The highest BCUT2D eigenvalue weighted by atomic mass is 16.7. The molecule has 0 aliphatic carbocycles. The number of benzene rings is 3. The molecule has 1 atom stereocenters. The van der Waals surface area contributed by atoms with Crippen LogP contribution >= 0.6 is 0 Å². The van der Waals surface area contributed by atoms with Crippen LogP contribution in [0.5, 0.6) is 11.5 Å². The van der Waals surface area contributed by atoms with Crippen LogP contribution in [0.15, 0.2) is 84.1 Å². The van der Waals surface area contributed by atoms with Crippen molar-refractivity contribution in [2.45, 2.75) is 19.9 Å². The first-order valence-corrected chi connectivity index (χ1v) is 11.3. The molecule has 1 amide bonds. The molecular weight excluding hydrogens is 442 g/mol. The van der Waals surface area contributed by atoms with E-state index in [4.69, 9.17) is 19.6 Å². The molecule has 174 valence electrons. The van der Waals surface area contributed by atoms with Gasteiger partial charge >= 0.3 is 0 Å². The van der Waals surface area contributed by atoms with Crippen molar-refractivity contribution in [1.29, 1.82) is 0 Å². The normalized spacial score (nSPS) is 16.0. The number of amides is 1. The molecule has 3 aromatic carbocycles. The Morgan fingerprint density at radius 3 is 2.57 bits per heavy atom. The summed E-state index contributed by atoms with van der Waals surface area (Å²) in [4.78, 5) is 18.3. The molecule has 1 unspecified atom stereocenters. The second-order valence-electron chi connectivity index (χ2n) is 8.57. The van der Waals surface area contributed by atoms with Gasteiger partial charge in [-0.15, -0.1) is 5.10 Å². The lowest BCUT2D eigenvalue weighted by atomic mass is 9.94. The predicted octanol–water partition coefficient (Wildman–Crippen LogP) is 4.91. The van der Waals surface area contributed by atoms with E-state index in [-0.39, 0.29) is 12.7 Å². The van der Waals surface area contributed by atoms with Crippen LogP contribution in [0.3, 0.4) is 0 Å². The monoisotopic (exact) mass is 465 g/mol. The summed E-state index contributed by atoms with van der Waals surface area (Å²) in [5.74, 6) is 2.24. The minimum atomic E-state index is -0.517. The maximum atomic E-state index is 13.6. The number of carbonyl (C=O) groups excluding carboxylic acids is 1. The molecule has 2 aliphatic heterocycles. The average molecular weight is 466 g/mol. The SMILES string of the molecule is CC1=C(C(=O)Nc2ccccc2)C(c2ccc3c(c2)OCO3)n2nc(-c3ccc(C)cc3)nc2N1. The Kier molecular flexibility index (Phi) is 4.99. The van der Waals surface area contributed by atoms with Gasteiger partial charge in [-0.2, -0.15) is 4.98 Å². The summed E-state index contributed by atoms with van der Waals surface area (Å²) in [7, 11) is 0. The largest absolute Gasteiger partial charge is 0.454 e. The van der Waals surface area contributed by atoms with E-state index in [2.05, 4.69) is 10.6 Å². The van der Waals surface area contributed by atoms with Crippen molar-refractivity contribution in [1.82, 2.24) is 14.8 Å². The summed E-state index contributed by atoms with van der Waals surface area (Å²) in [6, 6.07) is 22.6. The molecule has 2 aliphatic rings. The Bertz CT molecular complexity index is 1460. The Hall–Kier alpha value is -4.59. The van der Waals surface area contributed by atoms with E-state index >= 15 is 0 Å². The molecule has 4 aromatic rings. The van der Waals surface area contributed by atoms with Crippen LogP contribution in [0.4, 0.5) is 11.6 Å². The minimum absolute atomic E-state index is 0.174. The van der Waals surface area contributed by atoms with Gasteiger partial charge in [0, 0.05) is 16.9 Å². The third-order valence-corrected chi connectivity index (χ3v) is 6.15. The van der Waals surface area contributed by atoms with Gasteiger partial charge < -0.3 is 20.1 Å². The Morgan fingerprint density at radius 1 is 1.00 bits per heavy atom. The Balaban J connectivity index is 1.46. The fourth-order valence-corrected chi connectivity index (χ4v) is 4.38. The van der Waals surface area contributed by atoms with Crippen LogP contribution in [0.25, 0.3) is 11.4 Å². The van der Waals surface area contributed by atoms with E-state index in [1.165, 1.54) is 0 Å². The number of carbonyl (C=O) groups is 1. The van der Waals surface area contributed by atoms with Gasteiger partial charge in [-0.25, -0.2) is 4.68 Å². The van der Waals surface area contributed by atoms with Crippen LogP contribution < -0.4 is 20.1 Å². The third-order valence-electron chi connectivity index (χ3n) is 6.15. The number of anilines is 2. The number of hydrogen-bond donors (Lipinski definition) is 2. The van der Waals surface area contributed by atoms with Gasteiger partial charge in [0.2, 0.25) is 12.7 Å². The zero-order chi connectivity index (χ0) is 23.9. The van der Waals surface area contributed by atoms with Gasteiger partial charge in [-0.3, -0.25) is 4.79 Å². The number of aryl methyl sites for hydroxylation is 1. The molecule has 0 saturated carbocycles. The minimum Gasteiger partial charge on any atom is -0.454 e. The zero-order valence-electron chi connectivity index (χ0n) is 19.3. The molecule has 3 heterocycles. The lowest BCUT2D eigenvalue weighted by molar-refractivity contribution is -0.113. The van der Waals surface area contributed by atoms with Gasteiger partial charge in [0.1, 0.15) is 6.04 Å². The van der Waals surface area contributed by atoms with Gasteiger partial charge in [-0.05, 0) is 43.7 Å². The number of allylic oxidation sites excluding steroid dienone is 1. The highest BCUT2D eigenvalue weighted by Crippen LogP contribution is 2.41. The number of nitrogens with zero attached hydrogens (tertiary/aromatic N) is 3. The first-order valence-electron chi connectivity index (χ1n) is 11.3. The fraction of sp³-hybridized carbons (Fsp3) is 0.148. The predicted molar refractivity (Wildman–Crippen MR) is 132 cm³/mol. The Labute approximate surface area is 202 Å².